The predicted octanol–water partition coefficient (Wildman–Crippen LogP) is 3.61. The molecule has 0 spiro atoms. The summed E-state index contributed by atoms with van der Waals surface area (Å²) in [4.78, 5) is 12.0. The molecule has 0 saturated carbocycles. The van der Waals surface area contributed by atoms with Crippen molar-refractivity contribution in [1.29, 1.82) is 0 Å². The second-order valence-electron chi connectivity index (χ2n) is 4.95. The number of nitrogens with one attached hydrogen (secondary N) is 3. The van der Waals surface area contributed by atoms with E-state index >= 15 is 0 Å². The zero-order valence-corrected chi connectivity index (χ0v) is 11.4. The van der Waals surface area contributed by atoms with Gasteiger partial charge < -0.3 is 16.0 Å². The van der Waals surface area contributed by atoms with Crippen LogP contribution in [-0.2, 0) is 6.42 Å². The minimum Gasteiger partial charge on any atom is -0.384 e. The van der Waals surface area contributed by atoms with Crippen molar-refractivity contribution in [1.82, 2.24) is 0 Å². The fourth-order valence-corrected chi connectivity index (χ4v) is 2.38. The van der Waals surface area contributed by atoms with Crippen LogP contribution in [0.25, 0.3) is 0 Å². The van der Waals surface area contributed by atoms with E-state index in [2.05, 4.69) is 16.0 Å². The van der Waals surface area contributed by atoms with Crippen LogP contribution < -0.4 is 16.0 Å². The maximum Gasteiger partial charge on any atom is 0.323 e. The van der Waals surface area contributed by atoms with E-state index in [-0.39, 0.29) is 6.03 Å². The number of hydrogen-bond acceptors (Lipinski definition) is 2. The maximum atomic E-state index is 12.0. The van der Waals surface area contributed by atoms with Crippen LogP contribution in [0.15, 0.2) is 42.5 Å². The summed E-state index contributed by atoms with van der Waals surface area (Å²) in [5.74, 6) is 0. The van der Waals surface area contributed by atoms with Crippen LogP contribution in [0, 0.1) is 6.92 Å². The van der Waals surface area contributed by atoms with Crippen LogP contribution in [0.4, 0.5) is 21.9 Å². The summed E-state index contributed by atoms with van der Waals surface area (Å²) >= 11 is 0. The van der Waals surface area contributed by atoms with Crippen LogP contribution in [0.2, 0.25) is 0 Å². The van der Waals surface area contributed by atoms with E-state index in [1.54, 1.807) is 0 Å². The van der Waals surface area contributed by atoms with E-state index in [0.29, 0.717) is 0 Å². The molecule has 0 radical (unpaired) electrons. The van der Waals surface area contributed by atoms with E-state index in [1.807, 2.05) is 49.4 Å². The van der Waals surface area contributed by atoms with E-state index < -0.39 is 0 Å². The van der Waals surface area contributed by atoms with Gasteiger partial charge in [-0.15, -0.1) is 0 Å². The second kappa shape index (κ2) is 5.25. The number of aryl methyl sites for hydroxylation is 1. The Morgan fingerprint density at radius 3 is 2.70 bits per heavy atom. The van der Waals surface area contributed by atoms with Gasteiger partial charge in [0.15, 0.2) is 0 Å². The lowest BCUT2D eigenvalue weighted by atomic mass is 10.1. The molecule has 2 amide bonds. The van der Waals surface area contributed by atoms with E-state index in [1.165, 1.54) is 11.1 Å². The smallest absolute Gasteiger partial charge is 0.323 e. The highest BCUT2D eigenvalue weighted by Gasteiger charge is 2.15. The number of rotatable bonds is 2. The zero-order valence-electron chi connectivity index (χ0n) is 11.4. The van der Waals surface area contributed by atoms with Gasteiger partial charge in [0.05, 0.1) is 0 Å². The standard InChI is InChI=1S/C16H17N3O/c1-11-5-7-12(8-6-11)18-16(20)19-15-4-2-3-14-13(15)9-10-17-14/h2-8,17H,9-10H2,1H3,(H2,18,19,20). The quantitative estimate of drug-likeness (QED) is 0.778. The molecule has 0 aliphatic carbocycles. The average molecular weight is 267 g/mol. The molecule has 0 bridgehead atoms. The van der Waals surface area contributed by atoms with Gasteiger partial charge in [-0.3, -0.25) is 0 Å². The lowest BCUT2D eigenvalue weighted by molar-refractivity contribution is 0.262. The van der Waals surface area contributed by atoms with Gasteiger partial charge in [-0.2, -0.15) is 0 Å². The third kappa shape index (κ3) is 2.59. The minimum atomic E-state index is -0.214. The molecular formula is C16H17N3O. The number of anilines is 3. The van der Waals surface area contributed by atoms with Crippen molar-refractivity contribution in [3.8, 4) is 0 Å². The lowest BCUT2D eigenvalue weighted by Gasteiger charge is -2.11. The minimum absolute atomic E-state index is 0.214. The second-order valence-corrected chi connectivity index (χ2v) is 4.95. The number of urea groups is 1. The van der Waals surface area contributed by atoms with Crippen molar-refractivity contribution < 1.29 is 4.79 Å². The van der Waals surface area contributed by atoms with Gasteiger partial charge in [-0.05, 0) is 37.6 Å². The largest absolute Gasteiger partial charge is 0.384 e. The molecule has 4 nitrogen and oxygen atoms in total. The van der Waals surface area contributed by atoms with Gasteiger partial charge in [0.1, 0.15) is 0 Å². The molecule has 20 heavy (non-hydrogen) atoms. The summed E-state index contributed by atoms with van der Waals surface area (Å²) in [7, 11) is 0. The van der Waals surface area contributed by atoms with Crippen LogP contribution >= 0.6 is 0 Å². The van der Waals surface area contributed by atoms with Crippen molar-refractivity contribution in [2.24, 2.45) is 0 Å². The normalized spacial score (nSPS) is 12.4. The van der Waals surface area contributed by atoms with Crippen molar-refractivity contribution in [3.63, 3.8) is 0 Å². The first-order chi connectivity index (χ1) is 9.72. The van der Waals surface area contributed by atoms with Crippen LogP contribution in [-0.4, -0.2) is 12.6 Å². The Morgan fingerprint density at radius 2 is 1.90 bits per heavy atom. The highest BCUT2D eigenvalue weighted by atomic mass is 16.2. The lowest BCUT2D eigenvalue weighted by Crippen LogP contribution is -2.20. The Morgan fingerprint density at radius 1 is 1.10 bits per heavy atom. The monoisotopic (exact) mass is 267 g/mol. The highest BCUT2D eigenvalue weighted by Crippen LogP contribution is 2.29. The Balaban J connectivity index is 1.70. The van der Waals surface area contributed by atoms with Gasteiger partial charge in [0, 0.05) is 29.2 Å². The van der Waals surface area contributed by atoms with Gasteiger partial charge in [-0.1, -0.05) is 23.8 Å². The molecule has 0 saturated heterocycles. The van der Waals surface area contributed by atoms with E-state index in [0.717, 1.165) is 30.0 Å². The summed E-state index contributed by atoms with van der Waals surface area (Å²) in [6.45, 7) is 2.94. The first-order valence-corrected chi connectivity index (χ1v) is 6.73. The van der Waals surface area contributed by atoms with Crippen LogP contribution in [0.1, 0.15) is 11.1 Å². The molecule has 102 valence electrons. The average Bonchev–Trinajstić information content (AvgIpc) is 2.91. The molecule has 3 N–H and O–H groups in total. The molecule has 0 unspecified atom stereocenters. The zero-order chi connectivity index (χ0) is 13.9. The molecule has 4 heteroatoms. The number of carbonyl (C=O) groups is 1. The Labute approximate surface area is 118 Å². The third-order valence-corrected chi connectivity index (χ3v) is 3.42. The fraction of sp³-hybridized carbons (Fsp3) is 0.188. The number of carbonyl (C=O) groups excluding carboxylic acids is 1. The molecule has 0 aromatic heterocycles. The van der Waals surface area contributed by atoms with Gasteiger partial charge in [-0.25, -0.2) is 4.79 Å². The molecule has 3 rings (SSSR count). The van der Waals surface area contributed by atoms with Crippen molar-refractivity contribution >= 4 is 23.1 Å². The number of hydrogen-bond donors (Lipinski definition) is 3. The van der Waals surface area contributed by atoms with Crippen LogP contribution in [0.3, 0.4) is 0 Å². The van der Waals surface area contributed by atoms with Crippen molar-refractivity contribution in [2.75, 3.05) is 22.5 Å². The number of benzene rings is 2. The Hall–Kier alpha value is -2.49. The Bertz CT molecular complexity index is 635. The fourth-order valence-electron chi connectivity index (χ4n) is 2.38. The summed E-state index contributed by atoms with van der Waals surface area (Å²) in [5.41, 5.74) is 5.11. The van der Waals surface area contributed by atoms with Gasteiger partial charge in [0.25, 0.3) is 0 Å². The highest BCUT2D eigenvalue weighted by molar-refractivity contribution is 6.00. The number of fused-ring (bicyclic) bond motifs is 1. The van der Waals surface area contributed by atoms with Gasteiger partial charge >= 0.3 is 6.03 Å². The first kappa shape index (κ1) is 12.5. The van der Waals surface area contributed by atoms with Crippen molar-refractivity contribution in [3.05, 3.63) is 53.6 Å². The van der Waals surface area contributed by atoms with Gasteiger partial charge in [0.2, 0.25) is 0 Å². The molecule has 1 aliphatic rings. The maximum absolute atomic E-state index is 12.0. The first-order valence-electron chi connectivity index (χ1n) is 6.73. The van der Waals surface area contributed by atoms with E-state index in [4.69, 9.17) is 0 Å². The van der Waals surface area contributed by atoms with E-state index in [9.17, 15) is 4.79 Å². The molecule has 0 fully saturated rings. The summed E-state index contributed by atoms with van der Waals surface area (Å²) in [5, 5.41) is 9.05. The molecular weight excluding hydrogens is 250 g/mol. The van der Waals surface area contributed by atoms with Crippen LogP contribution in [0.5, 0.6) is 0 Å². The topological polar surface area (TPSA) is 53.2 Å². The molecule has 1 heterocycles. The van der Waals surface area contributed by atoms with Crippen molar-refractivity contribution in [2.45, 2.75) is 13.3 Å². The summed E-state index contributed by atoms with van der Waals surface area (Å²) < 4.78 is 0. The number of amides is 2. The molecule has 0 atom stereocenters. The summed E-state index contributed by atoms with van der Waals surface area (Å²) in [6, 6.07) is 13.4. The SMILES string of the molecule is Cc1ccc(NC(=O)Nc2cccc3c2CCN3)cc1. The Kier molecular flexibility index (Phi) is 3.29. The molecule has 2 aromatic rings. The predicted molar refractivity (Wildman–Crippen MR) is 82.5 cm³/mol. The molecule has 2 aromatic carbocycles. The summed E-state index contributed by atoms with van der Waals surface area (Å²) in [6.07, 6.45) is 0.941. The third-order valence-electron chi connectivity index (χ3n) is 3.42. The molecule has 1 aliphatic heterocycles.